The van der Waals surface area contributed by atoms with Crippen LogP contribution in [0.1, 0.15) is 11.3 Å². The van der Waals surface area contributed by atoms with E-state index in [0.29, 0.717) is 6.54 Å². The largest absolute Gasteiger partial charge is 0.508 e. The van der Waals surface area contributed by atoms with Gasteiger partial charge in [-0.05, 0) is 24.6 Å². The van der Waals surface area contributed by atoms with Gasteiger partial charge in [-0.15, -0.1) is 0 Å². The molecule has 1 aromatic carbocycles. The van der Waals surface area contributed by atoms with Crippen molar-refractivity contribution < 1.29 is 5.11 Å². The van der Waals surface area contributed by atoms with Gasteiger partial charge in [0.25, 0.3) is 0 Å². The molecule has 0 atom stereocenters. The van der Waals surface area contributed by atoms with Gasteiger partial charge in [-0.2, -0.15) is 0 Å². The predicted molar refractivity (Wildman–Crippen MR) is 62.2 cm³/mol. The fourth-order valence-corrected chi connectivity index (χ4v) is 1.38. The summed E-state index contributed by atoms with van der Waals surface area (Å²) in [5, 5.41) is 12.3. The minimum atomic E-state index is 0.277. The summed E-state index contributed by atoms with van der Waals surface area (Å²) in [4.78, 5) is 8.33. The topological polar surface area (TPSA) is 58.0 Å². The number of anilines is 1. The molecule has 0 unspecified atom stereocenters. The summed E-state index contributed by atoms with van der Waals surface area (Å²) in [6, 6.07) is 7.07. The van der Waals surface area contributed by atoms with E-state index in [4.69, 9.17) is 5.11 Å². The molecule has 2 N–H and O–H groups in total. The lowest BCUT2D eigenvalue weighted by Gasteiger charge is -2.07. The first kappa shape index (κ1) is 10.4. The number of aromatic nitrogens is 2. The van der Waals surface area contributed by atoms with E-state index in [1.807, 2.05) is 19.1 Å². The molecular formula is C12H13N3O. The van der Waals surface area contributed by atoms with Crippen LogP contribution in [0.4, 0.5) is 5.82 Å². The molecule has 1 aromatic heterocycles. The molecule has 0 aliphatic carbocycles. The van der Waals surface area contributed by atoms with Gasteiger partial charge in [-0.3, -0.25) is 4.98 Å². The number of nitrogens with zero attached hydrogens (tertiary/aromatic N) is 2. The zero-order valence-corrected chi connectivity index (χ0v) is 9.01. The Labute approximate surface area is 94.0 Å². The Morgan fingerprint density at radius 2 is 1.81 bits per heavy atom. The minimum absolute atomic E-state index is 0.277. The molecule has 2 rings (SSSR count). The Hall–Kier alpha value is -2.10. The molecule has 0 bridgehead atoms. The highest BCUT2D eigenvalue weighted by Gasteiger charge is 1.99. The second-order valence-electron chi connectivity index (χ2n) is 3.51. The van der Waals surface area contributed by atoms with Crippen molar-refractivity contribution in [1.82, 2.24) is 9.97 Å². The van der Waals surface area contributed by atoms with Crippen molar-refractivity contribution in [2.24, 2.45) is 0 Å². The number of aryl methyl sites for hydroxylation is 1. The molecule has 82 valence electrons. The lowest BCUT2D eigenvalue weighted by Crippen LogP contribution is -2.03. The van der Waals surface area contributed by atoms with E-state index in [1.54, 1.807) is 24.5 Å². The summed E-state index contributed by atoms with van der Waals surface area (Å²) >= 11 is 0. The second kappa shape index (κ2) is 4.61. The van der Waals surface area contributed by atoms with E-state index in [-0.39, 0.29) is 5.75 Å². The lowest BCUT2D eigenvalue weighted by molar-refractivity contribution is 0.475. The van der Waals surface area contributed by atoms with Crippen molar-refractivity contribution in [3.05, 3.63) is 47.9 Å². The van der Waals surface area contributed by atoms with Crippen molar-refractivity contribution in [1.29, 1.82) is 0 Å². The van der Waals surface area contributed by atoms with Crippen LogP contribution in [0.3, 0.4) is 0 Å². The summed E-state index contributed by atoms with van der Waals surface area (Å²) in [6.45, 7) is 2.58. The molecule has 4 heteroatoms. The van der Waals surface area contributed by atoms with E-state index in [0.717, 1.165) is 17.1 Å². The van der Waals surface area contributed by atoms with Crippen molar-refractivity contribution in [2.75, 3.05) is 5.32 Å². The Morgan fingerprint density at radius 1 is 1.12 bits per heavy atom. The van der Waals surface area contributed by atoms with E-state index in [2.05, 4.69) is 15.3 Å². The van der Waals surface area contributed by atoms with Gasteiger partial charge in [0.05, 0.1) is 5.69 Å². The Kier molecular flexibility index (Phi) is 3.00. The number of hydrogen-bond donors (Lipinski definition) is 2. The number of benzene rings is 1. The van der Waals surface area contributed by atoms with Crippen molar-refractivity contribution in [3.63, 3.8) is 0 Å². The Bertz CT molecular complexity index is 468. The van der Waals surface area contributed by atoms with Gasteiger partial charge >= 0.3 is 0 Å². The maximum atomic E-state index is 9.14. The Balaban J connectivity index is 2.02. The SMILES string of the molecule is Cc1nccnc1NCc1ccc(O)cc1. The fraction of sp³-hybridized carbons (Fsp3) is 0.167. The molecule has 2 aromatic rings. The highest BCUT2D eigenvalue weighted by Crippen LogP contribution is 2.12. The summed E-state index contributed by atoms with van der Waals surface area (Å²) in [5.41, 5.74) is 1.96. The monoisotopic (exact) mass is 215 g/mol. The summed E-state index contributed by atoms with van der Waals surface area (Å²) in [6.07, 6.45) is 3.33. The molecule has 0 fully saturated rings. The number of nitrogens with one attached hydrogen (secondary N) is 1. The van der Waals surface area contributed by atoms with Gasteiger partial charge in [0.15, 0.2) is 0 Å². The summed E-state index contributed by atoms with van der Waals surface area (Å²) < 4.78 is 0. The maximum Gasteiger partial charge on any atom is 0.147 e. The number of phenolic OH excluding ortho intramolecular Hbond substituents is 1. The summed E-state index contributed by atoms with van der Waals surface area (Å²) in [5.74, 6) is 1.06. The molecule has 0 aliphatic rings. The second-order valence-corrected chi connectivity index (χ2v) is 3.51. The standard InChI is InChI=1S/C12H13N3O/c1-9-12(14-7-6-13-9)15-8-10-2-4-11(16)5-3-10/h2-7,16H,8H2,1H3,(H,14,15). The van der Waals surface area contributed by atoms with Crippen LogP contribution in [0.25, 0.3) is 0 Å². The molecule has 1 heterocycles. The van der Waals surface area contributed by atoms with E-state index in [9.17, 15) is 0 Å². The van der Waals surface area contributed by atoms with Crippen LogP contribution < -0.4 is 5.32 Å². The van der Waals surface area contributed by atoms with E-state index in [1.165, 1.54) is 0 Å². The van der Waals surface area contributed by atoms with Gasteiger partial charge in [-0.25, -0.2) is 4.98 Å². The predicted octanol–water partition coefficient (Wildman–Crippen LogP) is 2.10. The third kappa shape index (κ3) is 2.48. The minimum Gasteiger partial charge on any atom is -0.508 e. The van der Waals surface area contributed by atoms with Gasteiger partial charge in [0.2, 0.25) is 0 Å². The third-order valence-electron chi connectivity index (χ3n) is 2.28. The van der Waals surface area contributed by atoms with Crippen LogP contribution in [0, 0.1) is 6.92 Å². The first-order chi connectivity index (χ1) is 7.75. The number of hydrogen-bond acceptors (Lipinski definition) is 4. The van der Waals surface area contributed by atoms with Crippen molar-refractivity contribution in [3.8, 4) is 5.75 Å². The van der Waals surface area contributed by atoms with Crippen molar-refractivity contribution in [2.45, 2.75) is 13.5 Å². The van der Waals surface area contributed by atoms with Gasteiger partial charge in [0.1, 0.15) is 11.6 Å². The highest BCUT2D eigenvalue weighted by molar-refractivity contribution is 5.39. The molecule has 16 heavy (non-hydrogen) atoms. The van der Waals surface area contributed by atoms with Crippen LogP contribution in [-0.2, 0) is 6.54 Å². The van der Waals surface area contributed by atoms with Gasteiger partial charge < -0.3 is 10.4 Å². The lowest BCUT2D eigenvalue weighted by atomic mass is 10.2. The van der Waals surface area contributed by atoms with Crippen LogP contribution in [0.5, 0.6) is 5.75 Å². The van der Waals surface area contributed by atoms with E-state index < -0.39 is 0 Å². The van der Waals surface area contributed by atoms with Crippen molar-refractivity contribution >= 4 is 5.82 Å². The van der Waals surface area contributed by atoms with Crippen LogP contribution in [0.2, 0.25) is 0 Å². The van der Waals surface area contributed by atoms with Crippen LogP contribution in [0.15, 0.2) is 36.7 Å². The molecule has 0 saturated carbocycles. The zero-order chi connectivity index (χ0) is 11.4. The molecule has 4 nitrogen and oxygen atoms in total. The molecule has 0 spiro atoms. The average molecular weight is 215 g/mol. The van der Waals surface area contributed by atoms with Gasteiger partial charge in [-0.1, -0.05) is 12.1 Å². The molecule has 0 aliphatic heterocycles. The zero-order valence-electron chi connectivity index (χ0n) is 9.01. The fourth-order valence-electron chi connectivity index (χ4n) is 1.38. The average Bonchev–Trinajstić information content (AvgIpc) is 2.30. The molecular weight excluding hydrogens is 202 g/mol. The first-order valence-corrected chi connectivity index (χ1v) is 5.05. The normalized spacial score (nSPS) is 10.1. The Morgan fingerprint density at radius 3 is 2.50 bits per heavy atom. The third-order valence-corrected chi connectivity index (χ3v) is 2.28. The quantitative estimate of drug-likeness (QED) is 0.823. The molecule has 0 saturated heterocycles. The number of aromatic hydroxyl groups is 1. The van der Waals surface area contributed by atoms with Gasteiger partial charge in [0, 0.05) is 18.9 Å². The summed E-state index contributed by atoms with van der Waals surface area (Å²) in [7, 11) is 0. The number of phenols is 1. The molecule has 0 amide bonds. The van der Waals surface area contributed by atoms with Crippen LogP contribution in [-0.4, -0.2) is 15.1 Å². The maximum absolute atomic E-state index is 9.14. The highest BCUT2D eigenvalue weighted by atomic mass is 16.3. The van der Waals surface area contributed by atoms with Crippen LogP contribution >= 0.6 is 0 Å². The number of rotatable bonds is 3. The smallest absolute Gasteiger partial charge is 0.147 e. The first-order valence-electron chi connectivity index (χ1n) is 5.05. The van der Waals surface area contributed by atoms with E-state index >= 15 is 0 Å². The molecule has 0 radical (unpaired) electrons.